The van der Waals surface area contributed by atoms with E-state index in [1.54, 1.807) is 12.4 Å². The maximum absolute atomic E-state index is 4.51. The Kier molecular flexibility index (Phi) is 8.50. The quantitative estimate of drug-likeness (QED) is 0.115. The van der Waals surface area contributed by atoms with E-state index in [9.17, 15) is 0 Å². The van der Waals surface area contributed by atoms with Gasteiger partial charge in [-0.05, 0) is 22.9 Å². The van der Waals surface area contributed by atoms with Crippen molar-refractivity contribution in [1.29, 1.82) is 0 Å². The molecule has 10 aromatic rings. The Bertz CT molecular complexity index is 2350. The van der Waals surface area contributed by atoms with Crippen molar-refractivity contribution in [2.24, 2.45) is 0 Å². The molecule has 6 nitrogen and oxygen atoms in total. The number of benzene rings is 5. The average molecular weight is 745 g/mol. The molecule has 0 aliphatic carbocycles. The van der Waals surface area contributed by atoms with Crippen LogP contribution >= 0.6 is 0 Å². The zero-order valence-electron chi connectivity index (χ0n) is 24.3. The van der Waals surface area contributed by atoms with Gasteiger partial charge in [-0.15, -0.1) is 0 Å². The summed E-state index contributed by atoms with van der Waals surface area (Å²) in [4.78, 5) is 17.7. The Morgan fingerprint density at radius 2 is 0.652 bits per heavy atom. The van der Waals surface area contributed by atoms with E-state index in [2.05, 4.69) is 113 Å². The predicted octanol–water partition coefficient (Wildman–Crippen LogP) is 8.56. The number of hydrogen-bond donors (Lipinski definition) is 0. The van der Waals surface area contributed by atoms with Crippen molar-refractivity contribution in [1.82, 2.24) is 27.9 Å². The summed E-state index contributed by atoms with van der Waals surface area (Å²) in [5.74, 6) is 0. The Labute approximate surface area is 283 Å². The fraction of sp³-hybridized carbons (Fsp3) is 0. The molecule has 5 aromatic carbocycles. The molecule has 0 N–H and O–H groups in total. The van der Waals surface area contributed by atoms with Gasteiger partial charge in [0.15, 0.2) is 0 Å². The molecule has 10 rings (SSSR count). The van der Waals surface area contributed by atoms with Gasteiger partial charge in [-0.3, -0.25) is 9.97 Å². The molecule has 5 heterocycles. The molecule has 0 atom stereocenters. The van der Waals surface area contributed by atoms with E-state index in [-0.39, 0.29) is 34.4 Å². The first kappa shape index (κ1) is 29.7. The Morgan fingerprint density at radius 3 is 1.13 bits per heavy atom. The maximum atomic E-state index is 4.51. The third-order valence-corrected chi connectivity index (χ3v) is 8.94. The molecule has 5 aromatic heterocycles. The van der Waals surface area contributed by atoms with Gasteiger partial charge in [0, 0.05) is 33.9 Å². The van der Waals surface area contributed by atoms with Crippen molar-refractivity contribution in [2.75, 3.05) is 0 Å². The standard InChI is InChI=1S/2C13H9N.C12H6N4Se.Ru/c2*1-2-6-12-10(4-1)7-8-11-5-3-9-14-13(11)12;1-3-7-9(13-5-1)10-8(4-2-6-14-10)12-11(7)15-17-16-12;/h2*1-9H;1-6H;/q;;;+3. The van der Waals surface area contributed by atoms with Crippen LogP contribution in [0.1, 0.15) is 0 Å². The van der Waals surface area contributed by atoms with Crippen LogP contribution in [-0.4, -0.2) is 42.9 Å². The summed E-state index contributed by atoms with van der Waals surface area (Å²) in [5.41, 5.74) is 5.97. The molecule has 0 spiro atoms. The van der Waals surface area contributed by atoms with Crippen LogP contribution in [0.4, 0.5) is 0 Å². The van der Waals surface area contributed by atoms with Crippen molar-refractivity contribution < 1.29 is 19.5 Å². The summed E-state index contributed by atoms with van der Waals surface area (Å²) in [6.45, 7) is 0. The molecule has 0 aliphatic heterocycles. The molecule has 0 fully saturated rings. The Hall–Kier alpha value is -5.00. The molecule has 0 unspecified atom stereocenters. The predicted molar refractivity (Wildman–Crippen MR) is 186 cm³/mol. The summed E-state index contributed by atoms with van der Waals surface area (Å²) in [5, 5.41) is 9.46. The fourth-order valence-corrected chi connectivity index (χ4v) is 6.95. The van der Waals surface area contributed by atoms with Crippen molar-refractivity contribution in [3.63, 3.8) is 0 Å². The molecular formula is C38H24N6RuSe+3. The molecule has 0 saturated heterocycles. The van der Waals surface area contributed by atoms with Crippen LogP contribution < -0.4 is 0 Å². The van der Waals surface area contributed by atoms with Crippen LogP contribution in [0, 0.1) is 0 Å². The minimum absolute atomic E-state index is 0. The van der Waals surface area contributed by atoms with E-state index in [1.807, 2.05) is 48.8 Å². The molecule has 0 saturated carbocycles. The van der Waals surface area contributed by atoms with Crippen molar-refractivity contribution in [2.45, 2.75) is 0 Å². The number of rotatable bonds is 0. The summed E-state index contributed by atoms with van der Waals surface area (Å²) in [6, 6.07) is 41.2. The molecule has 217 valence electrons. The van der Waals surface area contributed by atoms with Gasteiger partial charge in [-0.2, -0.15) is 0 Å². The van der Waals surface area contributed by atoms with Gasteiger partial charge in [-0.1, -0.05) is 84.9 Å². The van der Waals surface area contributed by atoms with Crippen LogP contribution in [0.3, 0.4) is 0 Å². The van der Waals surface area contributed by atoms with E-state index >= 15 is 0 Å². The summed E-state index contributed by atoms with van der Waals surface area (Å²) >= 11 is -0.0325. The van der Waals surface area contributed by atoms with Crippen LogP contribution in [0.2, 0.25) is 0 Å². The van der Waals surface area contributed by atoms with Crippen LogP contribution in [-0.2, 0) is 19.5 Å². The van der Waals surface area contributed by atoms with Crippen molar-refractivity contribution in [3.05, 3.63) is 146 Å². The Balaban J connectivity index is 0.000000110. The zero-order chi connectivity index (χ0) is 30.0. The van der Waals surface area contributed by atoms with E-state index < -0.39 is 0 Å². The minimum atomic E-state index is -0.0325. The van der Waals surface area contributed by atoms with Crippen molar-refractivity contribution in [3.8, 4) is 0 Å². The van der Waals surface area contributed by atoms with Crippen molar-refractivity contribution >= 4 is 91.2 Å². The molecule has 0 aliphatic rings. The topological polar surface area (TPSA) is 77.3 Å². The zero-order valence-corrected chi connectivity index (χ0v) is 27.8. The fourth-order valence-electron chi connectivity index (χ4n) is 5.74. The van der Waals surface area contributed by atoms with E-state index in [4.69, 9.17) is 0 Å². The number of nitrogens with zero attached hydrogens (tertiary/aromatic N) is 6. The summed E-state index contributed by atoms with van der Waals surface area (Å²) < 4.78 is 9.01. The number of pyridine rings is 4. The van der Waals surface area contributed by atoms with Gasteiger partial charge in [0.2, 0.25) is 0 Å². The van der Waals surface area contributed by atoms with E-state index in [1.165, 1.54) is 32.3 Å². The van der Waals surface area contributed by atoms with Crippen LogP contribution in [0.25, 0.3) is 76.2 Å². The van der Waals surface area contributed by atoms with Gasteiger partial charge in [0.25, 0.3) is 0 Å². The first-order valence-electron chi connectivity index (χ1n) is 14.5. The second-order valence-corrected chi connectivity index (χ2v) is 11.6. The normalized spacial score (nSPS) is 10.9. The van der Waals surface area contributed by atoms with Gasteiger partial charge in [0.05, 0.1) is 11.0 Å². The third kappa shape index (κ3) is 5.52. The molecule has 8 heteroatoms. The second-order valence-electron chi connectivity index (χ2n) is 10.5. The number of hydrogen-bond acceptors (Lipinski definition) is 6. The third-order valence-electron chi connectivity index (χ3n) is 7.83. The van der Waals surface area contributed by atoms with E-state index in [0.29, 0.717) is 0 Å². The van der Waals surface area contributed by atoms with Gasteiger partial charge in [0.1, 0.15) is 0 Å². The first-order chi connectivity index (χ1) is 22.3. The molecule has 1 radical (unpaired) electrons. The summed E-state index contributed by atoms with van der Waals surface area (Å²) in [7, 11) is 0. The van der Waals surface area contributed by atoms with Gasteiger partial charge < -0.3 is 0 Å². The Morgan fingerprint density at radius 1 is 0.304 bits per heavy atom. The van der Waals surface area contributed by atoms with Gasteiger partial charge in [-0.25, -0.2) is 0 Å². The van der Waals surface area contributed by atoms with E-state index in [0.717, 1.165) is 43.9 Å². The first-order valence-corrected chi connectivity index (χ1v) is 16.1. The molecule has 46 heavy (non-hydrogen) atoms. The number of aromatic nitrogens is 6. The average Bonchev–Trinajstić information content (AvgIpc) is 3.63. The SMILES string of the molecule is [Ru+3].c1ccc2c(c1)ccc1cccnc12.c1ccc2c(c1)ccc1cccnc12.c1cnc2c(c1)c1n[se]nc1c1cccnc12. The molecular weight excluding hydrogens is 720 g/mol. The van der Waals surface area contributed by atoms with Crippen LogP contribution in [0.15, 0.2) is 146 Å². The number of fused-ring (bicyclic) bond motifs is 12. The van der Waals surface area contributed by atoms with Gasteiger partial charge >= 0.3 is 122 Å². The second kappa shape index (κ2) is 13.2. The summed E-state index contributed by atoms with van der Waals surface area (Å²) in [6.07, 6.45) is 7.27. The monoisotopic (exact) mass is 746 g/mol. The molecule has 0 amide bonds. The van der Waals surface area contributed by atoms with Crippen LogP contribution in [0.5, 0.6) is 0 Å². The molecule has 0 bridgehead atoms.